The molecule has 0 aliphatic heterocycles. The Morgan fingerprint density at radius 1 is 1.42 bits per heavy atom. The van der Waals surface area contributed by atoms with Gasteiger partial charge in [0.1, 0.15) is 5.82 Å². The van der Waals surface area contributed by atoms with Gasteiger partial charge in [-0.05, 0) is 12.1 Å². The van der Waals surface area contributed by atoms with Gasteiger partial charge in [0.05, 0.1) is 12.7 Å². The number of hydrogen-bond acceptors (Lipinski definition) is 2. The normalized spacial score (nSPS) is 10.3. The van der Waals surface area contributed by atoms with Crippen LogP contribution in [0.2, 0.25) is 0 Å². The summed E-state index contributed by atoms with van der Waals surface area (Å²) in [6.45, 7) is 0.773. The number of nitrogen functional groups attached to an aromatic ring is 1. The summed E-state index contributed by atoms with van der Waals surface area (Å²) in [4.78, 5) is 0. The van der Waals surface area contributed by atoms with Crippen LogP contribution in [0.5, 0.6) is 0 Å². The minimum Gasteiger partial charge on any atom is -0.384 e. The van der Waals surface area contributed by atoms with Crippen LogP contribution in [0, 0.1) is 0 Å². The lowest BCUT2D eigenvalue weighted by Crippen LogP contribution is -1.98. The highest BCUT2D eigenvalue weighted by Crippen LogP contribution is 2.07. The lowest BCUT2D eigenvalue weighted by atomic mass is 10.3. The fourth-order valence-corrected chi connectivity index (χ4v) is 1.12. The highest BCUT2D eigenvalue weighted by Gasteiger charge is 1.99. The Morgan fingerprint density at radius 3 is 2.75 bits per heavy atom. The second-order valence-electron chi connectivity index (χ2n) is 2.66. The Kier molecular flexibility index (Phi) is 1.59. The molecular formula is C8H10N4. The molecule has 4 heteroatoms. The summed E-state index contributed by atoms with van der Waals surface area (Å²) in [7, 11) is 0. The van der Waals surface area contributed by atoms with Crippen LogP contribution >= 0.6 is 0 Å². The number of nitrogens with two attached hydrogens (primary N) is 1. The Labute approximate surface area is 70.0 Å². The number of aromatic amines is 1. The molecule has 0 aromatic carbocycles. The fourth-order valence-electron chi connectivity index (χ4n) is 1.12. The Bertz CT molecular complexity index is 347. The largest absolute Gasteiger partial charge is 0.384 e. The number of nitrogens with zero attached hydrogens (tertiary/aromatic N) is 2. The first kappa shape index (κ1) is 6.97. The highest BCUT2D eigenvalue weighted by molar-refractivity contribution is 5.36. The van der Waals surface area contributed by atoms with Gasteiger partial charge in [-0.2, -0.15) is 5.10 Å². The quantitative estimate of drug-likeness (QED) is 0.687. The van der Waals surface area contributed by atoms with E-state index in [9.17, 15) is 0 Å². The van der Waals surface area contributed by atoms with Gasteiger partial charge in [-0.15, -0.1) is 0 Å². The van der Waals surface area contributed by atoms with E-state index >= 15 is 0 Å². The van der Waals surface area contributed by atoms with E-state index < -0.39 is 0 Å². The van der Waals surface area contributed by atoms with Crippen molar-refractivity contribution in [3.8, 4) is 0 Å². The molecule has 2 aromatic heterocycles. The molecule has 2 rings (SSSR count). The number of nitrogens with one attached hydrogen (secondary N) is 1. The Morgan fingerprint density at radius 2 is 2.17 bits per heavy atom. The molecule has 3 N–H and O–H groups in total. The lowest BCUT2D eigenvalue weighted by Gasteiger charge is -1.99. The Balaban J connectivity index is 2.20. The van der Waals surface area contributed by atoms with Crippen molar-refractivity contribution in [2.24, 2.45) is 0 Å². The molecule has 0 saturated heterocycles. The molecule has 2 aromatic rings. The summed E-state index contributed by atoms with van der Waals surface area (Å²) in [5, 5.41) is 6.53. The van der Waals surface area contributed by atoms with E-state index in [-0.39, 0.29) is 0 Å². The van der Waals surface area contributed by atoms with Crippen LogP contribution in [0.25, 0.3) is 0 Å². The average Bonchev–Trinajstić information content (AvgIpc) is 2.65. The molecule has 0 radical (unpaired) electrons. The van der Waals surface area contributed by atoms with Crippen molar-refractivity contribution in [1.82, 2.24) is 14.8 Å². The molecule has 0 fully saturated rings. The first-order valence-corrected chi connectivity index (χ1v) is 3.75. The molecule has 0 atom stereocenters. The number of H-pyrrole nitrogens is 1. The van der Waals surface area contributed by atoms with Gasteiger partial charge in [-0.3, -0.25) is 5.10 Å². The number of anilines is 1. The van der Waals surface area contributed by atoms with Gasteiger partial charge in [0, 0.05) is 18.0 Å². The van der Waals surface area contributed by atoms with Crippen molar-refractivity contribution >= 4 is 5.82 Å². The highest BCUT2D eigenvalue weighted by atomic mass is 15.1. The Hall–Kier alpha value is -1.71. The standard InChI is InChI=1S/C8H10N4/c9-8-7(5-10-11-8)6-12-3-1-2-4-12/h1-5H,6H2,(H3,9,10,11). The van der Waals surface area contributed by atoms with Gasteiger partial charge in [-0.1, -0.05) is 0 Å². The van der Waals surface area contributed by atoms with Crippen LogP contribution in [0.3, 0.4) is 0 Å². The summed E-state index contributed by atoms with van der Waals surface area (Å²) < 4.78 is 2.04. The van der Waals surface area contributed by atoms with Crippen molar-refractivity contribution < 1.29 is 0 Å². The molecule has 12 heavy (non-hydrogen) atoms. The molecular weight excluding hydrogens is 152 g/mol. The molecule has 2 heterocycles. The average molecular weight is 162 g/mol. The molecule has 0 saturated carbocycles. The fraction of sp³-hybridized carbons (Fsp3) is 0.125. The summed E-state index contributed by atoms with van der Waals surface area (Å²) in [5.41, 5.74) is 6.65. The van der Waals surface area contributed by atoms with Crippen LogP contribution in [0.15, 0.2) is 30.7 Å². The minimum absolute atomic E-state index is 0.642. The van der Waals surface area contributed by atoms with Gasteiger partial charge >= 0.3 is 0 Å². The van der Waals surface area contributed by atoms with Crippen molar-refractivity contribution in [3.05, 3.63) is 36.3 Å². The van der Waals surface area contributed by atoms with Crippen molar-refractivity contribution in [2.75, 3.05) is 5.73 Å². The molecule has 62 valence electrons. The maximum absolute atomic E-state index is 5.63. The first-order valence-electron chi connectivity index (χ1n) is 3.75. The summed E-state index contributed by atoms with van der Waals surface area (Å²) in [5.74, 6) is 0.642. The topological polar surface area (TPSA) is 59.6 Å². The maximum Gasteiger partial charge on any atom is 0.123 e. The minimum atomic E-state index is 0.642. The van der Waals surface area contributed by atoms with E-state index in [0.29, 0.717) is 5.82 Å². The third-order valence-electron chi connectivity index (χ3n) is 1.77. The monoisotopic (exact) mass is 162 g/mol. The van der Waals surface area contributed by atoms with E-state index in [0.717, 1.165) is 12.1 Å². The van der Waals surface area contributed by atoms with E-state index in [4.69, 9.17) is 5.73 Å². The van der Waals surface area contributed by atoms with E-state index in [2.05, 4.69) is 10.2 Å². The van der Waals surface area contributed by atoms with Gasteiger partial charge in [-0.25, -0.2) is 0 Å². The van der Waals surface area contributed by atoms with Crippen LogP contribution in [0.4, 0.5) is 5.82 Å². The molecule has 0 aliphatic rings. The third-order valence-corrected chi connectivity index (χ3v) is 1.77. The van der Waals surface area contributed by atoms with Crippen molar-refractivity contribution in [1.29, 1.82) is 0 Å². The number of rotatable bonds is 2. The zero-order chi connectivity index (χ0) is 8.39. The zero-order valence-corrected chi connectivity index (χ0v) is 6.57. The molecule has 0 bridgehead atoms. The van der Waals surface area contributed by atoms with Gasteiger partial charge in [0.2, 0.25) is 0 Å². The molecule has 4 nitrogen and oxygen atoms in total. The molecule has 0 aliphatic carbocycles. The van der Waals surface area contributed by atoms with E-state index in [1.807, 2.05) is 29.1 Å². The molecule has 0 spiro atoms. The van der Waals surface area contributed by atoms with Crippen LogP contribution < -0.4 is 5.73 Å². The summed E-state index contributed by atoms with van der Waals surface area (Å²) in [6.07, 6.45) is 5.73. The SMILES string of the molecule is Nc1[nH]ncc1Cn1cccc1. The second-order valence-corrected chi connectivity index (χ2v) is 2.66. The van der Waals surface area contributed by atoms with Crippen molar-refractivity contribution in [3.63, 3.8) is 0 Å². The van der Waals surface area contributed by atoms with Gasteiger partial charge < -0.3 is 10.3 Å². The number of aromatic nitrogens is 3. The number of hydrogen-bond donors (Lipinski definition) is 2. The first-order chi connectivity index (χ1) is 5.86. The third kappa shape index (κ3) is 1.18. The molecule has 0 unspecified atom stereocenters. The van der Waals surface area contributed by atoms with Crippen LogP contribution in [-0.4, -0.2) is 14.8 Å². The smallest absolute Gasteiger partial charge is 0.123 e. The summed E-state index contributed by atoms with van der Waals surface area (Å²) in [6, 6.07) is 3.96. The predicted octanol–water partition coefficient (Wildman–Crippen LogP) is 0.842. The zero-order valence-electron chi connectivity index (χ0n) is 6.57. The van der Waals surface area contributed by atoms with Crippen molar-refractivity contribution in [2.45, 2.75) is 6.54 Å². The maximum atomic E-state index is 5.63. The summed E-state index contributed by atoms with van der Waals surface area (Å²) >= 11 is 0. The van der Waals surface area contributed by atoms with Crippen LogP contribution in [-0.2, 0) is 6.54 Å². The molecule has 0 amide bonds. The predicted molar refractivity (Wildman–Crippen MR) is 46.5 cm³/mol. The van der Waals surface area contributed by atoms with Crippen LogP contribution in [0.1, 0.15) is 5.56 Å². The van der Waals surface area contributed by atoms with Gasteiger partial charge in [0.15, 0.2) is 0 Å². The second kappa shape index (κ2) is 2.73. The van der Waals surface area contributed by atoms with E-state index in [1.54, 1.807) is 6.20 Å². The van der Waals surface area contributed by atoms with Gasteiger partial charge in [0.25, 0.3) is 0 Å². The van der Waals surface area contributed by atoms with E-state index in [1.165, 1.54) is 0 Å². The lowest BCUT2D eigenvalue weighted by molar-refractivity contribution is 0.809.